The van der Waals surface area contributed by atoms with Gasteiger partial charge in [0.25, 0.3) is 5.91 Å². The molecule has 0 bridgehead atoms. The molecule has 0 aliphatic heterocycles. The van der Waals surface area contributed by atoms with Crippen molar-refractivity contribution in [2.24, 2.45) is 0 Å². The van der Waals surface area contributed by atoms with Crippen molar-refractivity contribution in [2.75, 3.05) is 26.1 Å². The summed E-state index contributed by atoms with van der Waals surface area (Å²) in [5.41, 5.74) is 1.17. The Kier molecular flexibility index (Phi) is 5.41. The number of halogens is 1. The van der Waals surface area contributed by atoms with Gasteiger partial charge in [0, 0.05) is 5.69 Å². The molecule has 0 aliphatic carbocycles. The third kappa shape index (κ3) is 4.12. The number of amides is 1. The first-order valence-electron chi connectivity index (χ1n) is 6.95. The van der Waals surface area contributed by atoms with Gasteiger partial charge in [-0.05, 0) is 36.8 Å². The number of hydrogen-bond donors (Lipinski definition) is 1. The summed E-state index contributed by atoms with van der Waals surface area (Å²) in [6.45, 7) is 1.52. The predicted octanol–water partition coefficient (Wildman–Crippen LogP) is 3.17. The predicted molar refractivity (Wildman–Crippen MR) is 84.8 cm³/mol. The molecule has 1 N–H and O–H groups in total. The number of nitrogens with one attached hydrogen (secondary N) is 1. The van der Waals surface area contributed by atoms with E-state index in [9.17, 15) is 9.18 Å². The Morgan fingerprint density at radius 3 is 2.39 bits per heavy atom. The number of ether oxygens (including phenoxy) is 3. The quantitative estimate of drug-likeness (QED) is 0.888. The standard InChI is InChI=1S/C17H18FNO4/c1-11-7-8-12(18)9-13(11)19-16(20)10-23-17-14(21-2)5-4-6-15(17)22-3/h4-9H,10H2,1-3H3,(H,19,20). The molecule has 0 atom stereocenters. The fourth-order valence-corrected chi connectivity index (χ4v) is 2.01. The number of rotatable bonds is 6. The Bertz CT molecular complexity index is 681. The van der Waals surface area contributed by atoms with Crippen LogP contribution >= 0.6 is 0 Å². The molecule has 0 spiro atoms. The molecule has 5 nitrogen and oxygen atoms in total. The Labute approximate surface area is 134 Å². The van der Waals surface area contributed by atoms with Crippen molar-refractivity contribution in [3.05, 3.63) is 47.8 Å². The van der Waals surface area contributed by atoms with E-state index >= 15 is 0 Å². The average molecular weight is 319 g/mol. The Balaban J connectivity index is 2.06. The fourth-order valence-electron chi connectivity index (χ4n) is 2.01. The van der Waals surface area contributed by atoms with Crippen LogP contribution in [0.15, 0.2) is 36.4 Å². The summed E-state index contributed by atoms with van der Waals surface area (Å²) < 4.78 is 29.1. The SMILES string of the molecule is COc1cccc(OC)c1OCC(=O)Nc1cc(F)ccc1C. The number of methoxy groups -OCH3 is 2. The second-order valence-electron chi connectivity index (χ2n) is 4.79. The molecule has 1 amide bonds. The number of aryl methyl sites for hydroxylation is 1. The maximum Gasteiger partial charge on any atom is 0.262 e. The summed E-state index contributed by atoms with van der Waals surface area (Å²) in [6.07, 6.45) is 0. The fraction of sp³-hybridized carbons (Fsp3) is 0.235. The van der Waals surface area contributed by atoms with Crippen LogP contribution in [0.3, 0.4) is 0 Å². The third-order valence-corrected chi connectivity index (χ3v) is 3.20. The van der Waals surface area contributed by atoms with Gasteiger partial charge in [-0.3, -0.25) is 4.79 Å². The van der Waals surface area contributed by atoms with Crippen molar-refractivity contribution in [1.82, 2.24) is 0 Å². The molecule has 0 saturated carbocycles. The van der Waals surface area contributed by atoms with Gasteiger partial charge in [-0.2, -0.15) is 0 Å². The van der Waals surface area contributed by atoms with Crippen LogP contribution < -0.4 is 19.5 Å². The smallest absolute Gasteiger partial charge is 0.262 e. The maximum atomic E-state index is 13.2. The van der Waals surface area contributed by atoms with E-state index < -0.39 is 11.7 Å². The minimum absolute atomic E-state index is 0.257. The summed E-state index contributed by atoms with van der Waals surface area (Å²) in [5.74, 6) is 0.423. The molecule has 0 radical (unpaired) electrons. The lowest BCUT2D eigenvalue weighted by molar-refractivity contribution is -0.118. The number of carbonyl (C=O) groups is 1. The summed E-state index contributed by atoms with van der Waals surface area (Å²) in [7, 11) is 3.00. The first kappa shape index (κ1) is 16.6. The normalized spacial score (nSPS) is 10.1. The Hall–Kier alpha value is -2.76. The number of hydrogen-bond acceptors (Lipinski definition) is 4. The van der Waals surface area contributed by atoms with E-state index in [1.807, 2.05) is 0 Å². The van der Waals surface area contributed by atoms with Gasteiger partial charge in [0.05, 0.1) is 14.2 Å². The zero-order chi connectivity index (χ0) is 16.8. The van der Waals surface area contributed by atoms with E-state index in [1.54, 1.807) is 31.2 Å². The van der Waals surface area contributed by atoms with E-state index in [2.05, 4.69) is 5.32 Å². The second-order valence-corrected chi connectivity index (χ2v) is 4.79. The lowest BCUT2D eigenvalue weighted by Gasteiger charge is -2.14. The third-order valence-electron chi connectivity index (χ3n) is 3.20. The summed E-state index contributed by atoms with van der Waals surface area (Å²) in [5, 5.41) is 2.61. The topological polar surface area (TPSA) is 56.8 Å². The summed E-state index contributed by atoms with van der Waals surface area (Å²) in [4.78, 5) is 12.0. The first-order chi connectivity index (χ1) is 11.0. The number of benzene rings is 2. The zero-order valence-corrected chi connectivity index (χ0v) is 13.2. The number of para-hydroxylation sites is 1. The molecule has 0 aromatic heterocycles. The van der Waals surface area contributed by atoms with Crippen LogP contribution in [0.25, 0.3) is 0 Å². The molecule has 2 aromatic rings. The van der Waals surface area contributed by atoms with Gasteiger partial charge in [-0.1, -0.05) is 12.1 Å². The van der Waals surface area contributed by atoms with Crippen LogP contribution in [0.2, 0.25) is 0 Å². The van der Waals surface area contributed by atoms with Crippen molar-refractivity contribution < 1.29 is 23.4 Å². The van der Waals surface area contributed by atoms with Gasteiger partial charge in [-0.25, -0.2) is 4.39 Å². The molecular formula is C17H18FNO4. The van der Waals surface area contributed by atoms with Crippen molar-refractivity contribution in [2.45, 2.75) is 6.92 Å². The number of anilines is 1. The van der Waals surface area contributed by atoms with E-state index in [-0.39, 0.29) is 6.61 Å². The Morgan fingerprint density at radius 1 is 1.13 bits per heavy atom. The average Bonchev–Trinajstić information content (AvgIpc) is 2.55. The Morgan fingerprint density at radius 2 is 1.78 bits per heavy atom. The van der Waals surface area contributed by atoms with E-state index in [0.717, 1.165) is 5.56 Å². The molecule has 23 heavy (non-hydrogen) atoms. The molecule has 0 unspecified atom stereocenters. The highest BCUT2D eigenvalue weighted by molar-refractivity contribution is 5.92. The van der Waals surface area contributed by atoms with Crippen LogP contribution in [-0.4, -0.2) is 26.7 Å². The van der Waals surface area contributed by atoms with Crippen molar-refractivity contribution in [1.29, 1.82) is 0 Å². The van der Waals surface area contributed by atoms with Gasteiger partial charge >= 0.3 is 0 Å². The van der Waals surface area contributed by atoms with Crippen LogP contribution in [0.1, 0.15) is 5.56 Å². The summed E-state index contributed by atoms with van der Waals surface area (Å²) in [6, 6.07) is 9.34. The van der Waals surface area contributed by atoms with Crippen LogP contribution in [0, 0.1) is 12.7 Å². The van der Waals surface area contributed by atoms with Gasteiger partial charge < -0.3 is 19.5 Å². The van der Waals surface area contributed by atoms with Crippen LogP contribution in [0.4, 0.5) is 10.1 Å². The van der Waals surface area contributed by atoms with Crippen molar-refractivity contribution >= 4 is 11.6 Å². The van der Waals surface area contributed by atoms with Crippen LogP contribution in [-0.2, 0) is 4.79 Å². The largest absolute Gasteiger partial charge is 0.493 e. The molecular weight excluding hydrogens is 301 g/mol. The van der Waals surface area contributed by atoms with Crippen LogP contribution in [0.5, 0.6) is 17.2 Å². The highest BCUT2D eigenvalue weighted by Crippen LogP contribution is 2.36. The minimum atomic E-state index is -0.418. The van der Waals surface area contributed by atoms with Gasteiger partial charge in [-0.15, -0.1) is 0 Å². The molecule has 2 aromatic carbocycles. The molecule has 2 rings (SSSR count). The highest BCUT2D eigenvalue weighted by Gasteiger charge is 2.14. The highest BCUT2D eigenvalue weighted by atomic mass is 19.1. The molecule has 122 valence electrons. The summed E-state index contributed by atoms with van der Waals surface area (Å²) >= 11 is 0. The lowest BCUT2D eigenvalue weighted by atomic mass is 10.2. The zero-order valence-electron chi connectivity index (χ0n) is 13.2. The van der Waals surface area contributed by atoms with Gasteiger partial charge in [0.2, 0.25) is 5.75 Å². The minimum Gasteiger partial charge on any atom is -0.493 e. The lowest BCUT2D eigenvalue weighted by Crippen LogP contribution is -2.21. The molecule has 0 heterocycles. The van der Waals surface area contributed by atoms with E-state index in [4.69, 9.17) is 14.2 Å². The van der Waals surface area contributed by atoms with Crippen molar-refractivity contribution in [3.63, 3.8) is 0 Å². The van der Waals surface area contributed by atoms with Crippen molar-refractivity contribution in [3.8, 4) is 17.2 Å². The monoisotopic (exact) mass is 319 g/mol. The van der Waals surface area contributed by atoms with Gasteiger partial charge in [0.15, 0.2) is 18.1 Å². The molecule has 0 aliphatic rings. The van der Waals surface area contributed by atoms with E-state index in [1.165, 1.54) is 26.4 Å². The number of carbonyl (C=O) groups excluding carboxylic acids is 1. The van der Waals surface area contributed by atoms with E-state index in [0.29, 0.717) is 22.9 Å². The molecule has 0 fully saturated rings. The first-order valence-corrected chi connectivity index (χ1v) is 6.95. The molecule has 6 heteroatoms. The second kappa shape index (κ2) is 7.49. The maximum absolute atomic E-state index is 13.2. The van der Waals surface area contributed by atoms with Gasteiger partial charge in [0.1, 0.15) is 5.82 Å². The molecule has 0 saturated heterocycles.